The van der Waals surface area contributed by atoms with Gasteiger partial charge in [-0.25, -0.2) is 9.59 Å². The van der Waals surface area contributed by atoms with Crippen LogP contribution in [-0.4, -0.2) is 0 Å². The molecule has 42 heavy (non-hydrogen) atoms. The summed E-state index contributed by atoms with van der Waals surface area (Å²) < 4.78 is 23.5. The van der Waals surface area contributed by atoms with Crippen molar-refractivity contribution in [2.45, 2.75) is 13.8 Å². The maximum atomic E-state index is 12.9. The van der Waals surface area contributed by atoms with Gasteiger partial charge in [-0.3, -0.25) is 0 Å². The monoisotopic (exact) mass is 550 g/mol. The smallest absolute Gasteiger partial charge is 0.347 e. The van der Waals surface area contributed by atoms with Gasteiger partial charge in [-0.1, -0.05) is 59.7 Å². The average molecular weight is 551 g/mol. The molecule has 8 rings (SSSR count). The minimum absolute atomic E-state index is 0.311. The first-order chi connectivity index (χ1) is 20.4. The van der Waals surface area contributed by atoms with Crippen molar-refractivity contribution < 1.29 is 17.7 Å². The highest BCUT2D eigenvalue weighted by Crippen LogP contribution is 2.35. The molecule has 4 aromatic heterocycles. The zero-order valence-corrected chi connectivity index (χ0v) is 22.7. The summed E-state index contributed by atoms with van der Waals surface area (Å²) >= 11 is 0. The Bertz CT molecular complexity index is 2310. The fourth-order valence-corrected chi connectivity index (χ4v) is 5.67. The van der Waals surface area contributed by atoms with Crippen LogP contribution in [0.3, 0.4) is 0 Å². The Kier molecular flexibility index (Phi) is 5.15. The van der Waals surface area contributed by atoms with Gasteiger partial charge in [-0.15, -0.1) is 0 Å². The minimum Gasteiger partial charge on any atom is -0.453 e. The summed E-state index contributed by atoms with van der Waals surface area (Å²) in [7, 11) is 0. The van der Waals surface area contributed by atoms with Crippen molar-refractivity contribution in [3.63, 3.8) is 0 Å². The van der Waals surface area contributed by atoms with Gasteiger partial charge in [0.05, 0.1) is 0 Å². The number of furan rings is 2. The summed E-state index contributed by atoms with van der Waals surface area (Å²) in [6.07, 6.45) is 0. The Hall–Kier alpha value is -5.62. The predicted molar refractivity (Wildman–Crippen MR) is 164 cm³/mol. The molecule has 0 spiro atoms. The van der Waals surface area contributed by atoms with E-state index in [1.165, 1.54) is 0 Å². The van der Waals surface area contributed by atoms with Crippen molar-refractivity contribution in [3.8, 4) is 34.2 Å². The topological polar surface area (TPSA) is 86.7 Å². The molecular formula is C36H22O6. The third kappa shape index (κ3) is 3.80. The molecule has 0 aliphatic carbocycles. The molecule has 0 unspecified atom stereocenters. The van der Waals surface area contributed by atoms with Crippen LogP contribution in [0, 0.1) is 13.8 Å². The second kappa shape index (κ2) is 8.94. The molecular weight excluding hydrogens is 528 g/mol. The molecule has 0 atom stereocenters. The predicted octanol–water partition coefficient (Wildman–Crippen LogP) is 9.01. The molecule has 0 bridgehead atoms. The van der Waals surface area contributed by atoms with E-state index in [9.17, 15) is 9.59 Å². The van der Waals surface area contributed by atoms with E-state index in [-0.39, 0.29) is 0 Å². The van der Waals surface area contributed by atoms with Crippen LogP contribution < -0.4 is 11.3 Å². The zero-order valence-electron chi connectivity index (χ0n) is 22.7. The molecule has 6 nitrogen and oxygen atoms in total. The van der Waals surface area contributed by atoms with Crippen molar-refractivity contribution in [3.05, 3.63) is 129 Å². The second-order valence-electron chi connectivity index (χ2n) is 10.6. The second-order valence-corrected chi connectivity index (χ2v) is 10.6. The van der Waals surface area contributed by atoms with Crippen LogP contribution in [0.25, 0.3) is 77.7 Å². The van der Waals surface area contributed by atoms with Gasteiger partial charge < -0.3 is 17.7 Å². The summed E-state index contributed by atoms with van der Waals surface area (Å²) in [6, 6.07) is 30.3. The van der Waals surface area contributed by atoms with E-state index >= 15 is 0 Å². The first-order valence-electron chi connectivity index (χ1n) is 13.6. The third-order valence-corrected chi connectivity index (χ3v) is 7.76. The molecule has 0 aliphatic heterocycles. The molecule has 0 aliphatic rings. The number of aryl methyl sites for hydroxylation is 2. The SMILES string of the molecule is Cc1ccc2c(ccc3oc(=O)c(-c4ccc(-c5ccc(-c6cc7c(ccc8cc(C)ccc87)oc6=O)o5)o4)cc32)c1. The number of hydrogen-bond acceptors (Lipinski definition) is 6. The van der Waals surface area contributed by atoms with E-state index in [0.29, 0.717) is 45.3 Å². The lowest BCUT2D eigenvalue weighted by molar-refractivity contribution is 0.525. The summed E-state index contributed by atoms with van der Waals surface area (Å²) in [5, 5.41) is 5.75. The molecule has 6 heteroatoms. The van der Waals surface area contributed by atoms with Crippen LogP contribution in [0.5, 0.6) is 0 Å². The summed E-state index contributed by atoms with van der Waals surface area (Å²) in [5.74, 6) is 1.54. The molecule has 0 fully saturated rings. The third-order valence-electron chi connectivity index (χ3n) is 7.76. The van der Waals surface area contributed by atoms with Gasteiger partial charge in [0, 0.05) is 10.8 Å². The highest BCUT2D eigenvalue weighted by atomic mass is 16.4. The Morgan fingerprint density at radius 3 is 1.29 bits per heavy atom. The van der Waals surface area contributed by atoms with Crippen LogP contribution in [0.2, 0.25) is 0 Å². The Morgan fingerprint density at radius 1 is 0.405 bits per heavy atom. The average Bonchev–Trinajstić information content (AvgIpc) is 3.66. The first kappa shape index (κ1) is 24.2. The van der Waals surface area contributed by atoms with Crippen molar-refractivity contribution in [1.29, 1.82) is 0 Å². The lowest BCUT2D eigenvalue weighted by atomic mass is 10.0. The highest BCUT2D eigenvalue weighted by molar-refractivity contribution is 6.07. The number of hydrogen-bond donors (Lipinski definition) is 0. The van der Waals surface area contributed by atoms with Crippen LogP contribution in [0.1, 0.15) is 11.1 Å². The molecule has 0 radical (unpaired) electrons. The quantitative estimate of drug-likeness (QED) is 0.161. The molecule has 4 aromatic carbocycles. The Labute approximate surface area is 238 Å². The zero-order chi connectivity index (χ0) is 28.5. The fourth-order valence-electron chi connectivity index (χ4n) is 5.67. The van der Waals surface area contributed by atoms with E-state index in [2.05, 4.69) is 12.1 Å². The minimum atomic E-state index is -0.494. The van der Waals surface area contributed by atoms with Gasteiger partial charge in [0.1, 0.15) is 33.8 Å². The van der Waals surface area contributed by atoms with E-state index in [1.54, 1.807) is 36.4 Å². The van der Waals surface area contributed by atoms with Crippen molar-refractivity contribution >= 4 is 43.5 Å². The van der Waals surface area contributed by atoms with Crippen LogP contribution in [0.4, 0.5) is 0 Å². The van der Waals surface area contributed by atoms with Gasteiger partial charge in [0.25, 0.3) is 0 Å². The normalized spacial score (nSPS) is 11.8. The number of benzene rings is 4. The van der Waals surface area contributed by atoms with E-state index in [4.69, 9.17) is 17.7 Å². The lowest BCUT2D eigenvalue weighted by Crippen LogP contribution is -2.02. The molecule has 4 heterocycles. The van der Waals surface area contributed by atoms with Gasteiger partial charge >= 0.3 is 11.3 Å². The van der Waals surface area contributed by atoms with E-state index in [1.807, 2.05) is 62.4 Å². The fraction of sp³-hybridized carbons (Fsp3) is 0.0556. The molecule has 202 valence electrons. The molecule has 0 N–H and O–H groups in total. The van der Waals surface area contributed by atoms with E-state index in [0.717, 1.165) is 43.4 Å². The summed E-state index contributed by atoms with van der Waals surface area (Å²) in [4.78, 5) is 25.8. The van der Waals surface area contributed by atoms with Gasteiger partial charge in [0.2, 0.25) is 0 Å². The summed E-state index contributed by atoms with van der Waals surface area (Å²) in [6.45, 7) is 4.08. The molecule has 0 amide bonds. The van der Waals surface area contributed by atoms with Gasteiger partial charge in [-0.2, -0.15) is 0 Å². The van der Waals surface area contributed by atoms with Gasteiger partial charge in [0.15, 0.2) is 11.5 Å². The number of rotatable bonds is 3. The van der Waals surface area contributed by atoms with Crippen molar-refractivity contribution in [1.82, 2.24) is 0 Å². The maximum Gasteiger partial charge on any atom is 0.347 e. The molecule has 0 saturated heterocycles. The number of fused-ring (bicyclic) bond motifs is 6. The molecule has 0 saturated carbocycles. The van der Waals surface area contributed by atoms with E-state index < -0.39 is 11.3 Å². The van der Waals surface area contributed by atoms with Crippen molar-refractivity contribution in [2.24, 2.45) is 0 Å². The Balaban J connectivity index is 1.19. The van der Waals surface area contributed by atoms with Crippen LogP contribution in [-0.2, 0) is 0 Å². The Morgan fingerprint density at radius 2 is 0.833 bits per heavy atom. The van der Waals surface area contributed by atoms with Crippen LogP contribution in [0.15, 0.2) is 124 Å². The molecule has 8 aromatic rings. The largest absolute Gasteiger partial charge is 0.453 e. The first-order valence-corrected chi connectivity index (χ1v) is 13.6. The highest BCUT2D eigenvalue weighted by Gasteiger charge is 2.18. The van der Waals surface area contributed by atoms with Crippen LogP contribution >= 0.6 is 0 Å². The lowest BCUT2D eigenvalue weighted by Gasteiger charge is -2.05. The maximum absolute atomic E-state index is 12.9. The van der Waals surface area contributed by atoms with Gasteiger partial charge in [-0.05, 0) is 83.9 Å². The summed E-state index contributed by atoms with van der Waals surface area (Å²) in [5.41, 5.74) is 2.96. The van der Waals surface area contributed by atoms with Crippen molar-refractivity contribution in [2.75, 3.05) is 0 Å². The standard InChI is InChI=1S/C36H22O6/c1-19-3-7-23-21(15-19)5-9-29-25(23)17-27(35(37)41-29)31-11-13-33(39-31)34-14-12-32(40-34)28-18-26-24-8-4-20(2)16-22(24)6-10-30(26)42-36(28)38/h3-18H,1-2H3.